The number of hydrogen-bond acceptors (Lipinski definition) is 6. The van der Waals surface area contributed by atoms with Gasteiger partial charge >= 0.3 is 0 Å². The number of hydrogen-bond donors (Lipinski definition) is 1. The molecule has 2 aromatic heterocycles. The largest absolute Gasteiger partial charge is 0.384 e. The van der Waals surface area contributed by atoms with Crippen LogP contribution in [0.5, 0.6) is 0 Å². The zero-order valence-electron chi connectivity index (χ0n) is 22.9. The van der Waals surface area contributed by atoms with Crippen LogP contribution in [0.15, 0.2) is 42.7 Å². The molecule has 1 saturated heterocycles. The van der Waals surface area contributed by atoms with Gasteiger partial charge in [-0.05, 0) is 68.4 Å². The summed E-state index contributed by atoms with van der Waals surface area (Å²) in [6, 6.07) is 8.86. The molecule has 0 unspecified atom stereocenters. The van der Waals surface area contributed by atoms with Gasteiger partial charge in [-0.15, -0.1) is 0 Å². The highest BCUT2D eigenvalue weighted by molar-refractivity contribution is 6.12. The average molecular weight is 517 g/mol. The Bertz CT molecular complexity index is 1360. The molecule has 9 heteroatoms. The zero-order chi connectivity index (χ0) is 27.7. The van der Waals surface area contributed by atoms with E-state index in [1.807, 2.05) is 39.8 Å². The van der Waals surface area contributed by atoms with Crippen LogP contribution >= 0.6 is 0 Å². The molecule has 0 spiro atoms. The van der Waals surface area contributed by atoms with Crippen LogP contribution in [-0.4, -0.2) is 50.5 Å². The third kappa shape index (κ3) is 5.32. The van der Waals surface area contributed by atoms with E-state index >= 15 is 0 Å². The SMILES string of the molecule is CC[C@@H](CC(=O)N1C(=O)[C@H](Cc2cc(C)nc(N)c2)[C@H]1C(=O)N(C)c1cnn(C)c1)c1ccc(C)cc1C. The molecule has 3 heterocycles. The summed E-state index contributed by atoms with van der Waals surface area (Å²) in [6.07, 6.45) is 4.49. The van der Waals surface area contributed by atoms with Crippen molar-refractivity contribution in [1.82, 2.24) is 19.7 Å². The molecule has 0 saturated carbocycles. The monoisotopic (exact) mass is 516 g/mol. The number of carbonyl (C=O) groups is 3. The number of β-lactam (4-membered cyclic amide) rings is 1. The number of nitrogen functional groups attached to an aromatic ring is 1. The van der Waals surface area contributed by atoms with Crippen molar-refractivity contribution in [3.63, 3.8) is 0 Å². The number of imide groups is 1. The predicted octanol–water partition coefficient (Wildman–Crippen LogP) is 3.47. The summed E-state index contributed by atoms with van der Waals surface area (Å²) in [7, 11) is 3.41. The normalized spacial score (nSPS) is 17.7. The van der Waals surface area contributed by atoms with Gasteiger partial charge in [0.2, 0.25) is 11.8 Å². The first kappa shape index (κ1) is 27.0. The number of nitrogens with zero attached hydrogens (tertiary/aromatic N) is 5. The first-order valence-corrected chi connectivity index (χ1v) is 12.9. The number of likely N-dealkylation sites (N-methyl/N-ethyl adjacent to an activating group) is 1. The molecule has 0 bridgehead atoms. The minimum atomic E-state index is -0.911. The highest BCUT2D eigenvalue weighted by Gasteiger charge is 2.55. The van der Waals surface area contributed by atoms with Crippen LogP contribution in [-0.2, 0) is 27.9 Å². The molecule has 1 fully saturated rings. The van der Waals surface area contributed by atoms with Crippen molar-refractivity contribution < 1.29 is 14.4 Å². The molecule has 200 valence electrons. The highest BCUT2D eigenvalue weighted by Crippen LogP contribution is 2.36. The maximum atomic E-state index is 13.8. The second-order valence-electron chi connectivity index (χ2n) is 10.3. The van der Waals surface area contributed by atoms with Crippen LogP contribution in [0.4, 0.5) is 11.5 Å². The van der Waals surface area contributed by atoms with Gasteiger partial charge in [-0.1, -0.05) is 30.7 Å². The Balaban J connectivity index is 1.62. The Morgan fingerprint density at radius 2 is 1.89 bits per heavy atom. The summed E-state index contributed by atoms with van der Waals surface area (Å²) in [5.74, 6) is -1.36. The number of rotatable bonds is 8. The van der Waals surface area contributed by atoms with Gasteiger partial charge in [0.25, 0.3) is 5.91 Å². The van der Waals surface area contributed by atoms with Gasteiger partial charge in [0.05, 0.1) is 17.8 Å². The van der Waals surface area contributed by atoms with Crippen molar-refractivity contribution in [2.75, 3.05) is 17.7 Å². The maximum Gasteiger partial charge on any atom is 0.250 e. The Kier molecular flexibility index (Phi) is 7.66. The number of aromatic nitrogens is 3. The summed E-state index contributed by atoms with van der Waals surface area (Å²) in [5.41, 5.74) is 11.4. The van der Waals surface area contributed by atoms with Crippen LogP contribution in [0.25, 0.3) is 0 Å². The molecule has 1 aromatic carbocycles. The van der Waals surface area contributed by atoms with Crippen molar-refractivity contribution in [2.45, 2.75) is 58.9 Å². The second-order valence-corrected chi connectivity index (χ2v) is 10.3. The lowest BCUT2D eigenvalue weighted by Crippen LogP contribution is -2.69. The van der Waals surface area contributed by atoms with E-state index in [0.29, 0.717) is 17.9 Å². The predicted molar refractivity (Wildman–Crippen MR) is 146 cm³/mol. The Labute approximate surface area is 223 Å². The van der Waals surface area contributed by atoms with Gasteiger partial charge in [-0.2, -0.15) is 5.10 Å². The number of pyridine rings is 1. The molecule has 3 amide bonds. The van der Waals surface area contributed by atoms with Crippen LogP contribution in [0.1, 0.15) is 53.6 Å². The molecule has 3 atom stereocenters. The molecule has 1 aliphatic heterocycles. The zero-order valence-corrected chi connectivity index (χ0v) is 22.9. The summed E-state index contributed by atoms with van der Waals surface area (Å²) < 4.78 is 1.60. The van der Waals surface area contributed by atoms with Crippen molar-refractivity contribution in [3.8, 4) is 0 Å². The van der Waals surface area contributed by atoms with Gasteiger partial charge < -0.3 is 10.6 Å². The first-order valence-electron chi connectivity index (χ1n) is 12.9. The van der Waals surface area contributed by atoms with Crippen molar-refractivity contribution in [1.29, 1.82) is 0 Å². The third-order valence-corrected chi connectivity index (χ3v) is 7.41. The van der Waals surface area contributed by atoms with Crippen LogP contribution in [0, 0.1) is 26.7 Å². The number of aryl methyl sites for hydroxylation is 4. The van der Waals surface area contributed by atoms with E-state index in [-0.39, 0.29) is 30.1 Å². The fourth-order valence-electron chi connectivity index (χ4n) is 5.42. The minimum Gasteiger partial charge on any atom is -0.384 e. The lowest BCUT2D eigenvalue weighted by molar-refractivity contribution is -0.170. The molecule has 38 heavy (non-hydrogen) atoms. The van der Waals surface area contributed by atoms with E-state index < -0.39 is 12.0 Å². The fourth-order valence-corrected chi connectivity index (χ4v) is 5.42. The molecule has 3 aromatic rings. The smallest absolute Gasteiger partial charge is 0.250 e. The number of benzene rings is 1. The van der Waals surface area contributed by atoms with Crippen molar-refractivity contribution in [2.24, 2.45) is 13.0 Å². The van der Waals surface area contributed by atoms with E-state index in [9.17, 15) is 14.4 Å². The van der Waals surface area contributed by atoms with Gasteiger partial charge in [-0.25, -0.2) is 4.98 Å². The first-order chi connectivity index (χ1) is 18.0. The quantitative estimate of drug-likeness (QED) is 0.459. The molecule has 1 aliphatic rings. The second kappa shape index (κ2) is 10.8. The van der Waals surface area contributed by atoms with Gasteiger partial charge in [-0.3, -0.25) is 24.0 Å². The minimum absolute atomic E-state index is 0.0515. The molecule has 2 N–H and O–H groups in total. The van der Waals surface area contributed by atoms with Crippen LogP contribution in [0.2, 0.25) is 0 Å². The number of carbonyl (C=O) groups excluding carboxylic acids is 3. The van der Waals surface area contributed by atoms with E-state index in [1.54, 1.807) is 37.2 Å². The lowest BCUT2D eigenvalue weighted by atomic mass is 9.80. The molecular weight excluding hydrogens is 480 g/mol. The molecule has 0 aliphatic carbocycles. The van der Waals surface area contributed by atoms with Crippen molar-refractivity contribution >= 4 is 29.2 Å². The number of likely N-dealkylation sites (tertiary alicyclic amines) is 1. The highest BCUT2D eigenvalue weighted by atomic mass is 16.2. The number of nitrogens with two attached hydrogens (primary N) is 1. The Morgan fingerprint density at radius 3 is 2.50 bits per heavy atom. The average Bonchev–Trinajstić information content (AvgIpc) is 3.29. The van der Waals surface area contributed by atoms with Gasteiger partial charge in [0, 0.05) is 32.4 Å². The Morgan fingerprint density at radius 1 is 1.16 bits per heavy atom. The van der Waals surface area contributed by atoms with E-state index in [2.05, 4.69) is 22.2 Å². The van der Waals surface area contributed by atoms with Crippen molar-refractivity contribution in [3.05, 3.63) is 70.7 Å². The number of amides is 3. The lowest BCUT2D eigenvalue weighted by Gasteiger charge is -2.46. The third-order valence-electron chi connectivity index (χ3n) is 7.41. The van der Waals surface area contributed by atoms with E-state index in [4.69, 9.17) is 5.73 Å². The van der Waals surface area contributed by atoms with Crippen LogP contribution in [0.3, 0.4) is 0 Å². The maximum absolute atomic E-state index is 13.8. The molecule has 9 nitrogen and oxygen atoms in total. The van der Waals surface area contributed by atoms with E-state index in [1.165, 1.54) is 9.80 Å². The molecular formula is C29H36N6O3. The summed E-state index contributed by atoms with van der Waals surface area (Å²) >= 11 is 0. The van der Waals surface area contributed by atoms with Gasteiger partial charge in [0.1, 0.15) is 11.9 Å². The van der Waals surface area contributed by atoms with E-state index in [0.717, 1.165) is 34.4 Å². The Hall–Kier alpha value is -4.01. The number of anilines is 2. The topological polar surface area (TPSA) is 114 Å². The standard InChI is InChI=1S/C29H36N6O3/c1-7-21(23-9-8-17(2)10-18(23)3)14-26(36)35-27(29(38)34(6)22-15-31-33(5)16-22)24(28(35)37)12-20-11-19(4)32-25(30)13-20/h8-11,13,15-16,21,24,27H,7,12,14H2,1-6H3,(H2,30,32)/t21-,24+,27-/m0/s1. The fraction of sp³-hybridized carbons (Fsp3) is 0.414. The van der Waals surface area contributed by atoms with Crippen LogP contribution < -0.4 is 10.6 Å². The van der Waals surface area contributed by atoms with Gasteiger partial charge in [0.15, 0.2) is 0 Å². The summed E-state index contributed by atoms with van der Waals surface area (Å²) in [6.45, 7) is 7.94. The molecule has 0 radical (unpaired) electrons. The summed E-state index contributed by atoms with van der Waals surface area (Å²) in [5, 5.41) is 4.15. The molecule has 4 rings (SSSR count). The summed E-state index contributed by atoms with van der Waals surface area (Å²) in [4.78, 5) is 47.7.